The maximum Gasteiger partial charge on any atom is 0.266 e. The fourth-order valence-electron chi connectivity index (χ4n) is 2.58. The first-order valence-electron chi connectivity index (χ1n) is 8.12. The number of thioether (sulfide) groups is 1. The molecule has 140 valence electrons. The Morgan fingerprint density at radius 3 is 2.69 bits per heavy atom. The molecule has 0 bridgehead atoms. The number of benzene rings is 1. The second-order valence-electron chi connectivity index (χ2n) is 5.64. The minimum Gasteiger partial charge on any atom is -0.548 e. The molecule has 1 saturated heterocycles. The second-order valence-corrected chi connectivity index (χ2v) is 7.31. The SMILES string of the molecule is CCCC[C@H](C(=O)[O-])N1C(=O)/C(=C/c2ccc(OC)cc2OC)SC1=S. The number of aliphatic carboxylic acids is 1. The van der Waals surface area contributed by atoms with E-state index in [9.17, 15) is 14.7 Å². The Kier molecular flexibility index (Phi) is 7.05. The van der Waals surface area contributed by atoms with Crippen LogP contribution in [0.3, 0.4) is 0 Å². The van der Waals surface area contributed by atoms with Crippen molar-refractivity contribution in [3.63, 3.8) is 0 Å². The topological polar surface area (TPSA) is 78.9 Å². The van der Waals surface area contributed by atoms with Crippen molar-refractivity contribution in [3.05, 3.63) is 28.7 Å². The summed E-state index contributed by atoms with van der Waals surface area (Å²) in [6, 6.07) is 4.17. The van der Waals surface area contributed by atoms with Gasteiger partial charge in [0, 0.05) is 11.6 Å². The average Bonchev–Trinajstić information content (AvgIpc) is 2.89. The number of nitrogens with zero attached hydrogens (tertiary/aromatic N) is 1. The first-order chi connectivity index (χ1) is 12.4. The van der Waals surface area contributed by atoms with Gasteiger partial charge in [0.15, 0.2) is 0 Å². The summed E-state index contributed by atoms with van der Waals surface area (Å²) in [5.74, 6) is -0.554. The number of hydrogen-bond donors (Lipinski definition) is 0. The fraction of sp³-hybridized carbons (Fsp3) is 0.389. The Morgan fingerprint density at radius 2 is 2.12 bits per heavy atom. The van der Waals surface area contributed by atoms with Gasteiger partial charge in [0.25, 0.3) is 5.91 Å². The number of carbonyl (C=O) groups is 2. The highest BCUT2D eigenvalue weighted by Gasteiger charge is 2.37. The zero-order chi connectivity index (χ0) is 19.3. The Balaban J connectivity index is 2.33. The molecule has 0 aliphatic carbocycles. The molecule has 2 rings (SSSR count). The van der Waals surface area contributed by atoms with Crippen molar-refractivity contribution in [1.82, 2.24) is 4.90 Å². The highest BCUT2D eigenvalue weighted by Crippen LogP contribution is 2.36. The van der Waals surface area contributed by atoms with Crippen LogP contribution in [0.1, 0.15) is 31.7 Å². The minimum absolute atomic E-state index is 0.221. The Labute approximate surface area is 162 Å². The molecule has 1 fully saturated rings. The first kappa shape index (κ1) is 20.3. The molecular weight excluding hydrogens is 374 g/mol. The number of methoxy groups -OCH3 is 2. The van der Waals surface area contributed by atoms with Crippen molar-refractivity contribution >= 4 is 46.3 Å². The molecular formula is C18H20NO5S2-. The fourth-order valence-corrected chi connectivity index (χ4v) is 3.92. The molecule has 1 atom stereocenters. The van der Waals surface area contributed by atoms with Crippen LogP contribution in [0.4, 0.5) is 0 Å². The molecule has 6 nitrogen and oxygen atoms in total. The van der Waals surface area contributed by atoms with Gasteiger partial charge >= 0.3 is 0 Å². The van der Waals surface area contributed by atoms with Crippen molar-refractivity contribution in [2.24, 2.45) is 0 Å². The third-order valence-electron chi connectivity index (χ3n) is 3.97. The summed E-state index contributed by atoms with van der Waals surface area (Å²) in [7, 11) is 3.07. The molecule has 1 aromatic carbocycles. The Morgan fingerprint density at radius 1 is 1.38 bits per heavy atom. The van der Waals surface area contributed by atoms with E-state index in [0.717, 1.165) is 23.1 Å². The summed E-state index contributed by atoms with van der Waals surface area (Å²) in [6.45, 7) is 1.95. The van der Waals surface area contributed by atoms with Gasteiger partial charge in [-0.15, -0.1) is 0 Å². The maximum absolute atomic E-state index is 12.7. The van der Waals surface area contributed by atoms with Gasteiger partial charge in [0.1, 0.15) is 15.8 Å². The quantitative estimate of drug-likeness (QED) is 0.494. The molecule has 0 radical (unpaired) electrons. The molecule has 0 aromatic heterocycles. The van der Waals surface area contributed by atoms with Gasteiger partial charge in [-0.1, -0.05) is 43.7 Å². The number of thiocarbonyl (C=S) groups is 1. The standard InChI is InChI=1S/C18H21NO5S2/c1-4-5-6-13(17(21)22)19-16(20)15(26-18(19)25)9-11-7-8-12(23-2)10-14(11)24-3/h7-10,13H,4-6H2,1-3H3,(H,21,22)/p-1/b15-9-/t13-/m1/s1. The summed E-state index contributed by atoms with van der Waals surface area (Å²) >= 11 is 6.32. The molecule has 0 N–H and O–H groups in total. The van der Waals surface area contributed by atoms with E-state index in [1.54, 1.807) is 31.4 Å². The van der Waals surface area contributed by atoms with E-state index in [-0.39, 0.29) is 4.32 Å². The summed E-state index contributed by atoms with van der Waals surface area (Å²) in [6.07, 6.45) is 3.44. The molecule has 1 amide bonds. The first-order valence-corrected chi connectivity index (χ1v) is 9.35. The van der Waals surface area contributed by atoms with E-state index in [1.807, 2.05) is 6.92 Å². The van der Waals surface area contributed by atoms with Crippen LogP contribution in [0, 0.1) is 0 Å². The number of rotatable bonds is 8. The maximum atomic E-state index is 12.7. The van der Waals surface area contributed by atoms with Crippen LogP contribution in [0.2, 0.25) is 0 Å². The van der Waals surface area contributed by atoms with Crippen LogP contribution in [-0.4, -0.2) is 41.4 Å². The average molecular weight is 394 g/mol. The van der Waals surface area contributed by atoms with Crippen LogP contribution in [0.5, 0.6) is 11.5 Å². The molecule has 1 aromatic rings. The van der Waals surface area contributed by atoms with Gasteiger partial charge in [-0.2, -0.15) is 0 Å². The number of carboxylic acids is 1. The van der Waals surface area contributed by atoms with Crippen molar-refractivity contribution in [2.45, 2.75) is 32.2 Å². The monoisotopic (exact) mass is 394 g/mol. The second kappa shape index (κ2) is 9.05. The van der Waals surface area contributed by atoms with Crippen LogP contribution in [0.25, 0.3) is 6.08 Å². The molecule has 26 heavy (non-hydrogen) atoms. The van der Waals surface area contributed by atoms with Crippen molar-refractivity contribution < 1.29 is 24.2 Å². The zero-order valence-electron chi connectivity index (χ0n) is 14.8. The van der Waals surface area contributed by atoms with E-state index in [0.29, 0.717) is 34.8 Å². The number of carbonyl (C=O) groups excluding carboxylic acids is 2. The number of unbranched alkanes of at least 4 members (excludes halogenated alkanes) is 1. The smallest absolute Gasteiger partial charge is 0.266 e. The van der Waals surface area contributed by atoms with Crippen molar-refractivity contribution in [2.75, 3.05) is 14.2 Å². The highest BCUT2D eigenvalue weighted by atomic mass is 32.2. The lowest BCUT2D eigenvalue weighted by molar-refractivity contribution is -0.310. The summed E-state index contributed by atoms with van der Waals surface area (Å²) in [4.78, 5) is 25.7. The highest BCUT2D eigenvalue weighted by molar-refractivity contribution is 8.26. The summed E-state index contributed by atoms with van der Waals surface area (Å²) in [5, 5.41) is 11.5. The minimum atomic E-state index is -1.29. The van der Waals surface area contributed by atoms with Gasteiger partial charge in [-0.05, 0) is 24.6 Å². The lowest BCUT2D eigenvalue weighted by Crippen LogP contribution is -2.49. The summed E-state index contributed by atoms with van der Waals surface area (Å²) in [5.41, 5.74) is 0.673. The molecule has 1 aliphatic rings. The number of amides is 1. The van der Waals surface area contributed by atoms with Gasteiger partial charge in [-0.25, -0.2) is 0 Å². The van der Waals surface area contributed by atoms with E-state index < -0.39 is 17.9 Å². The van der Waals surface area contributed by atoms with E-state index in [4.69, 9.17) is 21.7 Å². The van der Waals surface area contributed by atoms with Gasteiger partial charge in [-0.3, -0.25) is 9.69 Å². The van der Waals surface area contributed by atoms with Gasteiger partial charge in [0.2, 0.25) is 0 Å². The molecule has 0 spiro atoms. The van der Waals surface area contributed by atoms with Gasteiger partial charge in [0.05, 0.1) is 31.1 Å². The molecule has 1 heterocycles. The molecule has 0 saturated carbocycles. The van der Waals surface area contributed by atoms with E-state index >= 15 is 0 Å². The lowest BCUT2D eigenvalue weighted by Gasteiger charge is -2.27. The van der Waals surface area contributed by atoms with Crippen LogP contribution in [0.15, 0.2) is 23.1 Å². The van der Waals surface area contributed by atoms with Crippen molar-refractivity contribution in [1.29, 1.82) is 0 Å². The van der Waals surface area contributed by atoms with Crippen LogP contribution < -0.4 is 14.6 Å². The van der Waals surface area contributed by atoms with Crippen LogP contribution >= 0.6 is 24.0 Å². The number of carboxylic acid groups (broad SMARTS) is 1. The Bertz CT molecular complexity index is 747. The predicted octanol–water partition coefficient (Wildman–Crippen LogP) is 2.21. The normalized spacial score (nSPS) is 16.9. The number of hydrogen-bond acceptors (Lipinski definition) is 7. The zero-order valence-corrected chi connectivity index (χ0v) is 16.4. The molecule has 1 aliphatic heterocycles. The predicted molar refractivity (Wildman–Crippen MR) is 103 cm³/mol. The molecule has 0 unspecified atom stereocenters. The lowest BCUT2D eigenvalue weighted by atomic mass is 10.1. The summed E-state index contributed by atoms with van der Waals surface area (Å²) < 4.78 is 10.7. The largest absolute Gasteiger partial charge is 0.548 e. The third-order valence-corrected chi connectivity index (χ3v) is 5.30. The van der Waals surface area contributed by atoms with E-state index in [1.165, 1.54) is 7.11 Å². The molecule has 8 heteroatoms. The van der Waals surface area contributed by atoms with Gasteiger partial charge < -0.3 is 19.4 Å². The Hall–Kier alpha value is -2.06. The third kappa shape index (κ3) is 4.37. The number of ether oxygens (including phenoxy) is 2. The van der Waals surface area contributed by atoms with E-state index in [2.05, 4.69) is 0 Å². The van der Waals surface area contributed by atoms with Crippen LogP contribution in [-0.2, 0) is 9.59 Å². The van der Waals surface area contributed by atoms with Crippen molar-refractivity contribution in [3.8, 4) is 11.5 Å².